The zero-order valence-corrected chi connectivity index (χ0v) is 9.24. The fourth-order valence-electron chi connectivity index (χ4n) is 0.588. The van der Waals surface area contributed by atoms with Gasteiger partial charge in [-0.1, -0.05) is 0 Å². The van der Waals surface area contributed by atoms with Gasteiger partial charge in [0.15, 0.2) is 5.96 Å². The van der Waals surface area contributed by atoms with Gasteiger partial charge in [0, 0.05) is 12.3 Å². The SMILES string of the molecule is N/C(=N\SC[C@@H](N)C(=O)O)NCCC(=O)O. The molecule has 0 rings (SSSR count). The summed E-state index contributed by atoms with van der Waals surface area (Å²) in [5, 5.41) is 19.3. The second-order valence-corrected chi connectivity index (χ2v) is 3.56. The van der Waals surface area contributed by atoms with Crippen LogP contribution in [0, 0.1) is 0 Å². The number of aliphatic carboxylic acids is 2. The fourth-order valence-corrected chi connectivity index (χ4v) is 1.17. The summed E-state index contributed by atoms with van der Waals surface area (Å²) in [5.74, 6) is -1.92. The molecule has 0 heterocycles. The molecule has 0 saturated heterocycles. The molecule has 0 bridgehead atoms. The number of carboxylic acid groups (broad SMARTS) is 2. The van der Waals surface area contributed by atoms with Gasteiger partial charge < -0.3 is 27.0 Å². The summed E-state index contributed by atoms with van der Waals surface area (Å²) < 4.78 is 3.71. The first-order chi connectivity index (χ1) is 7.43. The molecule has 7 N–H and O–H groups in total. The molecule has 0 aliphatic carbocycles. The Hall–Kier alpha value is -1.48. The van der Waals surface area contributed by atoms with Gasteiger partial charge >= 0.3 is 11.9 Å². The van der Waals surface area contributed by atoms with Crippen LogP contribution in [0.3, 0.4) is 0 Å². The summed E-state index contributed by atoms with van der Waals surface area (Å²) >= 11 is 0.904. The summed E-state index contributed by atoms with van der Waals surface area (Å²) in [5.41, 5.74) is 10.6. The topological polar surface area (TPSA) is 151 Å². The Morgan fingerprint density at radius 2 is 2.06 bits per heavy atom. The number of rotatable bonds is 7. The highest BCUT2D eigenvalue weighted by atomic mass is 32.2. The summed E-state index contributed by atoms with van der Waals surface area (Å²) in [4.78, 5) is 20.5. The minimum atomic E-state index is -1.11. The molecular weight excluding hydrogens is 236 g/mol. The van der Waals surface area contributed by atoms with Gasteiger partial charge in [-0.3, -0.25) is 9.59 Å². The zero-order valence-electron chi connectivity index (χ0n) is 8.42. The van der Waals surface area contributed by atoms with E-state index < -0.39 is 18.0 Å². The monoisotopic (exact) mass is 250 g/mol. The van der Waals surface area contributed by atoms with Gasteiger partial charge in [0.25, 0.3) is 0 Å². The van der Waals surface area contributed by atoms with Crippen LogP contribution in [0.4, 0.5) is 0 Å². The molecule has 0 aliphatic rings. The van der Waals surface area contributed by atoms with Crippen molar-refractivity contribution in [1.29, 1.82) is 0 Å². The van der Waals surface area contributed by atoms with Crippen molar-refractivity contribution in [3.63, 3.8) is 0 Å². The van der Waals surface area contributed by atoms with Crippen molar-refractivity contribution in [3.05, 3.63) is 0 Å². The third kappa shape index (κ3) is 7.88. The normalized spacial score (nSPS) is 13.2. The van der Waals surface area contributed by atoms with Gasteiger partial charge in [0.2, 0.25) is 0 Å². The van der Waals surface area contributed by atoms with Crippen LogP contribution in [0.25, 0.3) is 0 Å². The first kappa shape index (κ1) is 14.5. The Kier molecular flexibility index (Phi) is 7.05. The maximum atomic E-state index is 10.3. The molecule has 0 aromatic heterocycles. The molecule has 16 heavy (non-hydrogen) atoms. The van der Waals surface area contributed by atoms with Crippen molar-refractivity contribution >= 4 is 29.8 Å². The minimum absolute atomic E-state index is 0.0452. The fraction of sp³-hybridized carbons (Fsp3) is 0.571. The summed E-state index contributed by atoms with van der Waals surface area (Å²) in [6.07, 6.45) is -0.0739. The van der Waals surface area contributed by atoms with Crippen molar-refractivity contribution < 1.29 is 19.8 Å². The number of guanidine groups is 1. The van der Waals surface area contributed by atoms with Gasteiger partial charge in [-0.25, -0.2) is 0 Å². The van der Waals surface area contributed by atoms with E-state index in [9.17, 15) is 9.59 Å². The van der Waals surface area contributed by atoms with Gasteiger partial charge in [0.1, 0.15) is 6.04 Å². The molecule has 0 radical (unpaired) electrons. The van der Waals surface area contributed by atoms with Crippen LogP contribution in [0.2, 0.25) is 0 Å². The maximum absolute atomic E-state index is 10.3. The Morgan fingerprint density at radius 3 is 2.56 bits per heavy atom. The Bertz CT molecular complexity index is 284. The zero-order chi connectivity index (χ0) is 12.6. The highest BCUT2D eigenvalue weighted by Gasteiger charge is 2.10. The molecule has 1 atom stereocenters. The molecule has 0 saturated carbocycles. The van der Waals surface area contributed by atoms with Crippen LogP contribution >= 0.6 is 11.9 Å². The Morgan fingerprint density at radius 1 is 1.44 bits per heavy atom. The molecule has 0 aromatic carbocycles. The predicted molar refractivity (Wildman–Crippen MR) is 59.9 cm³/mol. The molecule has 8 nitrogen and oxygen atoms in total. The lowest BCUT2D eigenvalue weighted by atomic mass is 10.4. The highest BCUT2D eigenvalue weighted by molar-refractivity contribution is 7.98. The maximum Gasteiger partial charge on any atom is 0.321 e. The van der Waals surface area contributed by atoms with E-state index in [0.717, 1.165) is 11.9 Å². The number of carbonyl (C=O) groups is 2. The summed E-state index contributed by atoms with van der Waals surface area (Å²) in [7, 11) is 0. The van der Waals surface area contributed by atoms with E-state index in [4.69, 9.17) is 21.7 Å². The molecule has 0 aromatic rings. The van der Waals surface area contributed by atoms with E-state index in [2.05, 4.69) is 9.71 Å². The van der Waals surface area contributed by atoms with Crippen LogP contribution in [0.15, 0.2) is 4.40 Å². The van der Waals surface area contributed by atoms with E-state index >= 15 is 0 Å². The molecule has 0 spiro atoms. The van der Waals surface area contributed by atoms with Crippen LogP contribution < -0.4 is 16.8 Å². The second-order valence-electron chi connectivity index (χ2n) is 2.79. The quantitative estimate of drug-likeness (QED) is 0.206. The molecule has 0 aliphatic heterocycles. The molecule has 9 heteroatoms. The number of hydrogen-bond donors (Lipinski definition) is 5. The highest BCUT2D eigenvalue weighted by Crippen LogP contribution is 2.02. The van der Waals surface area contributed by atoms with Crippen molar-refractivity contribution in [2.75, 3.05) is 12.3 Å². The average molecular weight is 250 g/mol. The number of nitrogens with zero attached hydrogens (tertiary/aromatic N) is 1. The van der Waals surface area contributed by atoms with Gasteiger partial charge in [-0.05, 0) is 11.9 Å². The standard InChI is InChI=1S/C7H14N4O4S/c8-4(6(14)15)3-16-11-7(9)10-2-1-5(12)13/h4H,1-3,8H2,(H,12,13)(H,14,15)(H3,9,10,11)/t4-/m1/s1. The van der Waals surface area contributed by atoms with Crippen LogP contribution in [0.1, 0.15) is 6.42 Å². The first-order valence-electron chi connectivity index (χ1n) is 4.33. The lowest BCUT2D eigenvalue weighted by molar-refractivity contribution is -0.138. The third-order valence-electron chi connectivity index (χ3n) is 1.38. The van der Waals surface area contributed by atoms with Crippen molar-refractivity contribution in [3.8, 4) is 0 Å². The van der Waals surface area contributed by atoms with Crippen LogP contribution in [0.5, 0.6) is 0 Å². The van der Waals surface area contributed by atoms with Crippen LogP contribution in [-0.4, -0.2) is 46.5 Å². The molecule has 0 unspecified atom stereocenters. The molecule has 0 amide bonds. The van der Waals surface area contributed by atoms with Crippen molar-refractivity contribution in [2.45, 2.75) is 12.5 Å². The number of nitrogens with one attached hydrogen (secondary N) is 1. The smallest absolute Gasteiger partial charge is 0.321 e. The van der Waals surface area contributed by atoms with E-state index in [1.54, 1.807) is 0 Å². The van der Waals surface area contributed by atoms with Gasteiger partial charge in [0.05, 0.1) is 6.42 Å². The predicted octanol–water partition coefficient (Wildman–Crippen LogP) is -1.57. The third-order valence-corrected chi connectivity index (χ3v) is 2.21. The number of carboxylic acids is 2. The lowest BCUT2D eigenvalue weighted by Crippen LogP contribution is -2.34. The van der Waals surface area contributed by atoms with Crippen molar-refractivity contribution in [2.24, 2.45) is 15.9 Å². The van der Waals surface area contributed by atoms with E-state index in [1.807, 2.05) is 0 Å². The Labute approximate surface area is 96.2 Å². The number of hydrogen-bond acceptors (Lipinski definition) is 5. The second kappa shape index (κ2) is 7.77. The number of nitrogens with two attached hydrogens (primary N) is 2. The molecular formula is C7H14N4O4S. The van der Waals surface area contributed by atoms with E-state index in [0.29, 0.717) is 0 Å². The Balaban J connectivity index is 3.70. The average Bonchev–Trinajstić information content (AvgIpc) is 2.16. The molecule has 0 fully saturated rings. The van der Waals surface area contributed by atoms with E-state index in [1.165, 1.54) is 0 Å². The minimum Gasteiger partial charge on any atom is -0.481 e. The van der Waals surface area contributed by atoms with Crippen molar-refractivity contribution in [1.82, 2.24) is 5.32 Å². The lowest BCUT2D eigenvalue weighted by Gasteiger charge is -2.04. The van der Waals surface area contributed by atoms with E-state index in [-0.39, 0.29) is 24.7 Å². The van der Waals surface area contributed by atoms with Gasteiger partial charge in [-0.2, -0.15) is 4.40 Å². The first-order valence-corrected chi connectivity index (χ1v) is 5.27. The summed E-state index contributed by atoms with van der Waals surface area (Å²) in [6, 6.07) is -0.999. The molecule has 92 valence electrons. The largest absolute Gasteiger partial charge is 0.481 e. The van der Waals surface area contributed by atoms with Gasteiger partial charge in [-0.15, -0.1) is 0 Å². The summed E-state index contributed by atoms with van der Waals surface area (Å²) in [6.45, 7) is 0.163. The van der Waals surface area contributed by atoms with Crippen LogP contribution in [-0.2, 0) is 9.59 Å².